The average molecular weight is 445 g/mol. The molecule has 3 rings (SSSR count). The van der Waals surface area contributed by atoms with Crippen LogP contribution in [0.5, 0.6) is 0 Å². The molecule has 30 heavy (non-hydrogen) atoms. The lowest BCUT2D eigenvalue weighted by atomic mass is 9.90. The second kappa shape index (κ2) is 9.66. The predicted octanol–water partition coefficient (Wildman–Crippen LogP) is 5.84. The molecular weight excluding hydrogens is 424 g/mol. The second-order valence-corrected chi connectivity index (χ2v) is 7.66. The summed E-state index contributed by atoms with van der Waals surface area (Å²) in [7, 11) is 0. The number of nitrogens with zero attached hydrogens (tertiary/aromatic N) is 1. The third kappa shape index (κ3) is 6.34. The Balaban J connectivity index is 1.62. The minimum Gasteiger partial charge on any atom is -0.435 e. The molecule has 1 saturated heterocycles. The Labute approximate surface area is 176 Å². The maximum absolute atomic E-state index is 13.5. The van der Waals surface area contributed by atoms with E-state index in [-0.39, 0.29) is 17.4 Å². The summed E-state index contributed by atoms with van der Waals surface area (Å²) in [6.45, 7) is 0.294. The van der Waals surface area contributed by atoms with Crippen LogP contribution >= 0.6 is 11.6 Å². The fraction of sp³-hybridized carbons (Fsp3) is 0.381. The number of hydrogen-bond acceptors (Lipinski definition) is 3. The van der Waals surface area contributed by atoms with E-state index in [1.807, 2.05) is 0 Å². The van der Waals surface area contributed by atoms with Crippen molar-refractivity contribution in [1.82, 2.24) is 4.90 Å². The SMILES string of the molecule is O=C(Nc1ccc(Cl)cc1)O[C@@H](CN1CCCC(c2cccc(F)c2)C1)C(F)(F)F. The van der Waals surface area contributed by atoms with E-state index in [1.165, 1.54) is 36.4 Å². The van der Waals surface area contributed by atoms with Crippen molar-refractivity contribution < 1.29 is 27.1 Å². The number of ether oxygens (including phenoxy) is 1. The van der Waals surface area contributed by atoms with Crippen LogP contribution in [0.4, 0.5) is 28.0 Å². The molecule has 0 saturated carbocycles. The Hall–Kier alpha value is -2.32. The van der Waals surface area contributed by atoms with Crippen LogP contribution < -0.4 is 5.32 Å². The number of amides is 1. The van der Waals surface area contributed by atoms with Gasteiger partial charge in [-0.3, -0.25) is 10.2 Å². The van der Waals surface area contributed by atoms with Gasteiger partial charge in [-0.15, -0.1) is 0 Å². The Morgan fingerprint density at radius 1 is 1.23 bits per heavy atom. The van der Waals surface area contributed by atoms with Gasteiger partial charge in [0.05, 0.1) is 0 Å². The molecule has 9 heteroatoms. The van der Waals surface area contributed by atoms with E-state index >= 15 is 0 Å². The summed E-state index contributed by atoms with van der Waals surface area (Å²) in [6, 6.07) is 12.0. The van der Waals surface area contributed by atoms with Crippen LogP contribution in [0.1, 0.15) is 24.3 Å². The van der Waals surface area contributed by atoms with Crippen LogP contribution in [0.3, 0.4) is 0 Å². The zero-order valence-corrected chi connectivity index (χ0v) is 16.7. The van der Waals surface area contributed by atoms with Gasteiger partial charge in [-0.2, -0.15) is 13.2 Å². The Bertz CT molecular complexity index is 861. The molecule has 0 bridgehead atoms. The number of hydrogen-bond donors (Lipinski definition) is 1. The lowest BCUT2D eigenvalue weighted by Gasteiger charge is -2.35. The quantitative estimate of drug-likeness (QED) is 0.589. The number of alkyl halides is 3. The van der Waals surface area contributed by atoms with Crippen molar-refractivity contribution in [3.63, 3.8) is 0 Å². The molecule has 0 radical (unpaired) electrons. The average Bonchev–Trinajstić information content (AvgIpc) is 2.69. The monoisotopic (exact) mass is 444 g/mol. The topological polar surface area (TPSA) is 41.6 Å². The first-order valence-corrected chi connectivity index (χ1v) is 9.86. The number of likely N-dealkylation sites (tertiary alicyclic amines) is 1. The summed E-state index contributed by atoms with van der Waals surface area (Å²) < 4.78 is 58.7. The third-order valence-corrected chi connectivity index (χ3v) is 5.21. The molecule has 2 aromatic rings. The van der Waals surface area contributed by atoms with Crippen molar-refractivity contribution in [2.24, 2.45) is 0 Å². The Morgan fingerprint density at radius 2 is 1.97 bits per heavy atom. The van der Waals surface area contributed by atoms with E-state index in [2.05, 4.69) is 5.32 Å². The Morgan fingerprint density at radius 3 is 2.63 bits per heavy atom. The third-order valence-electron chi connectivity index (χ3n) is 4.95. The zero-order chi connectivity index (χ0) is 21.7. The van der Waals surface area contributed by atoms with Crippen molar-refractivity contribution in [3.8, 4) is 0 Å². The molecule has 0 spiro atoms. The van der Waals surface area contributed by atoms with Crippen molar-refractivity contribution in [2.45, 2.75) is 31.0 Å². The molecule has 0 aliphatic carbocycles. The summed E-state index contributed by atoms with van der Waals surface area (Å²) in [5.41, 5.74) is 1.03. The van der Waals surface area contributed by atoms with Crippen LogP contribution in [-0.2, 0) is 4.74 Å². The highest BCUT2D eigenvalue weighted by Crippen LogP contribution is 2.30. The Kier molecular flexibility index (Phi) is 7.20. The van der Waals surface area contributed by atoms with Crippen molar-refractivity contribution in [3.05, 3.63) is 64.9 Å². The molecule has 1 aliphatic heterocycles. The number of anilines is 1. The second-order valence-electron chi connectivity index (χ2n) is 7.22. The summed E-state index contributed by atoms with van der Waals surface area (Å²) in [5, 5.41) is 2.70. The highest BCUT2D eigenvalue weighted by Gasteiger charge is 2.44. The number of piperidine rings is 1. The molecule has 1 N–H and O–H groups in total. The van der Waals surface area contributed by atoms with E-state index in [1.54, 1.807) is 17.0 Å². The van der Waals surface area contributed by atoms with Crippen LogP contribution in [0.2, 0.25) is 5.02 Å². The van der Waals surface area contributed by atoms with E-state index in [0.29, 0.717) is 24.5 Å². The normalized spacial score (nSPS) is 18.6. The fourth-order valence-corrected chi connectivity index (χ4v) is 3.63. The summed E-state index contributed by atoms with van der Waals surface area (Å²) >= 11 is 5.75. The number of halogens is 5. The summed E-state index contributed by atoms with van der Waals surface area (Å²) in [6.07, 6.45) is -6.77. The molecule has 2 atom stereocenters. The van der Waals surface area contributed by atoms with E-state index in [0.717, 1.165) is 12.0 Å². The molecule has 162 valence electrons. The standard InChI is InChI=1S/C21H21ClF4N2O2/c22-16-6-8-18(9-7-16)27-20(29)30-19(21(24,25)26)13-28-10-2-4-15(12-28)14-3-1-5-17(23)11-14/h1,3,5-9,11,15,19H,2,4,10,12-13H2,(H,27,29)/t15?,19-/m0/s1. The van der Waals surface area contributed by atoms with E-state index in [4.69, 9.17) is 16.3 Å². The minimum atomic E-state index is -4.72. The molecule has 4 nitrogen and oxygen atoms in total. The first-order chi connectivity index (χ1) is 14.2. The van der Waals surface area contributed by atoms with Gasteiger partial charge in [0.2, 0.25) is 6.10 Å². The summed E-state index contributed by atoms with van der Waals surface area (Å²) in [4.78, 5) is 13.6. The van der Waals surface area contributed by atoms with Gasteiger partial charge in [-0.05, 0) is 67.3 Å². The molecule has 2 aromatic carbocycles. The first-order valence-electron chi connectivity index (χ1n) is 9.48. The molecular formula is C21H21ClF4N2O2. The largest absolute Gasteiger partial charge is 0.435 e. The lowest BCUT2D eigenvalue weighted by Crippen LogP contribution is -2.47. The van der Waals surface area contributed by atoms with Gasteiger partial charge in [-0.1, -0.05) is 23.7 Å². The highest BCUT2D eigenvalue weighted by atomic mass is 35.5. The highest BCUT2D eigenvalue weighted by molar-refractivity contribution is 6.30. The van der Waals surface area contributed by atoms with Gasteiger partial charge in [0, 0.05) is 23.8 Å². The van der Waals surface area contributed by atoms with Gasteiger partial charge in [0.1, 0.15) is 5.82 Å². The zero-order valence-electron chi connectivity index (χ0n) is 16.0. The lowest BCUT2D eigenvalue weighted by molar-refractivity contribution is -0.207. The number of benzene rings is 2. The van der Waals surface area contributed by atoms with Gasteiger partial charge < -0.3 is 4.74 Å². The number of rotatable bonds is 5. The van der Waals surface area contributed by atoms with Crippen molar-refractivity contribution in [1.29, 1.82) is 0 Å². The first kappa shape index (κ1) is 22.4. The maximum atomic E-state index is 13.5. The van der Waals surface area contributed by atoms with Crippen molar-refractivity contribution >= 4 is 23.4 Å². The molecule has 1 amide bonds. The van der Waals surface area contributed by atoms with Gasteiger partial charge in [-0.25, -0.2) is 9.18 Å². The van der Waals surface area contributed by atoms with Crippen molar-refractivity contribution in [2.75, 3.05) is 25.0 Å². The molecule has 1 fully saturated rings. The maximum Gasteiger partial charge on any atom is 0.426 e. The van der Waals surface area contributed by atoms with E-state index < -0.39 is 24.9 Å². The predicted molar refractivity (Wildman–Crippen MR) is 106 cm³/mol. The molecule has 1 unspecified atom stereocenters. The van der Waals surface area contributed by atoms with Gasteiger partial charge >= 0.3 is 12.3 Å². The molecule has 1 aliphatic rings. The molecule has 1 heterocycles. The number of carbonyl (C=O) groups is 1. The number of nitrogens with one attached hydrogen (secondary N) is 1. The fourth-order valence-electron chi connectivity index (χ4n) is 3.51. The summed E-state index contributed by atoms with van der Waals surface area (Å²) in [5.74, 6) is -0.453. The van der Waals surface area contributed by atoms with Crippen LogP contribution in [0.25, 0.3) is 0 Å². The van der Waals surface area contributed by atoms with Crippen LogP contribution in [0.15, 0.2) is 48.5 Å². The minimum absolute atomic E-state index is 0.0776. The van der Waals surface area contributed by atoms with Gasteiger partial charge in [0.15, 0.2) is 0 Å². The van der Waals surface area contributed by atoms with Crippen LogP contribution in [-0.4, -0.2) is 42.9 Å². The van der Waals surface area contributed by atoms with E-state index in [9.17, 15) is 22.4 Å². The van der Waals surface area contributed by atoms with Crippen LogP contribution in [0, 0.1) is 5.82 Å². The van der Waals surface area contributed by atoms with Gasteiger partial charge in [0.25, 0.3) is 0 Å². The number of carbonyl (C=O) groups excluding carboxylic acids is 1. The smallest absolute Gasteiger partial charge is 0.426 e. The molecule has 0 aromatic heterocycles.